The molecular weight excluding hydrogens is 569 g/mol. The van der Waals surface area contributed by atoms with Crippen LogP contribution in [0.1, 0.15) is 70.2 Å². The zero-order valence-electron chi connectivity index (χ0n) is 25.4. The largest absolute Gasteiger partial charge is 0.417 e. The summed E-state index contributed by atoms with van der Waals surface area (Å²) in [5.41, 5.74) is 1.81. The highest BCUT2D eigenvalue weighted by Gasteiger charge is 2.39. The lowest BCUT2D eigenvalue weighted by atomic mass is 9.95. The third kappa shape index (κ3) is 8.20. The molecule has 3 rings (SSSR count). The predicted octanol–water partition coefficient (Wildman–Crippen LogP) is 6.45. The van der Waals surface area contributed by atoms with E-state index >= 15 is 4.39 Å². The molecule has 0 aliphatic heterocycles. The average molecular weight is 612 g/mol. The molecule has 0 aliphatic rings. The maximum Gasteiger partial charge on any atom is 0.417 e. The number of aryl methyl sites for hydroxylation is 1. The SMILES string of the molecule is CCCc1nc(-c2cc(N)c(F)c(C)c2C(F)(F)F)c(F)c2nc(NC(CO)CCC)nc(NCCNCCC(C)C)c12. The number of hydrogen-bond acceptors (Lipinski definition) is 8. The number of rotatable bonds is 15. The Morgan fingerprint density at radius 1 is 0.977 bits per heavy atom. The van der Waals surface area contributed by atoms with E-state index in [9.17, 15) is 22.7 Å². The molecule has 2 aromatic heterocycles. The van der Waals surface area contributed by atoms with Crippen LogP contribution in [0.2, 0.25) is 0 Å². The van der Waals surface area contributed by atoms with Crippen LogP contribution in [-0.2, 0) is 12.6 Å². The standard InChI is InChI=1S/C30H42F5N7O/c1-6-8-18(15-43)39-29-41-27-22(28(42-29)38-13-12-37-11-10-16(3)4)21(9-7-2)40-26(25(27)32)19-14-20(36)24(31)17(5)23(19)30(33,34)35/h14,16,18,37,43H,6-13,15,36H2,1-5H3,(H2,38,39,41,42). The van der Waals surface area contributed by atoms with E-state index in [1.807, 2.05) is 13.8 Å². The first kappa shape index (κ1) is 34.2. The highest BCUT2D eigenvalue weighted by Crippen LogP contribution is 2.43. The topological polar surface area (TPSA) is 121 Å². The molecule has 0 saturated heterocycles. The maximum atomic E-state index is 16.4. The summed E-state index contributed by atoms with van der Waals surface area (Å²) < 4.78 is 73.6. The number of aromatic nitrogens is 3. The molecule has 0 fully saturated rings. The molecule has 0 amide bonds. The van der Waals surface area contributed by atoms with E-state index in [-0.39, 0.29) is 41.4 Å². The first-order valence-electron chi connectivity index (χ1n) is 14.7. The van der Waals surface area contributed by atoms with Gasteiger partial charge in [-0.2, -0.15) is 18.2 Å². The lowest BCUT2D eigenvalue weighted by Gasteiger charge is -2.21. The van der Waals surface area contributed by atoms with Crippen LogP contribution in [0, 0.1) is 24.5 Å². The molecule has 13 heteroatoms. The maximum absolute atomic E-state index is 16.4. The number of aliphatic hydroxyl groups excluding tert-OH is 1. The van der Waals surface area contributed by atoms with Gasteiger partial charge in [0.15, 0.2) is 5.82 Å². The van der Waals surface area contributed by atoms with Crippen LogP contribution in [0.25, 0.3) is 22.2 Å². The fraction of sp³-hybridized carbons (Fsp3) is 0.567. The van der Waals surface area contributed by atoms with Gasteiger partial charge in [0.05, 0.1) is 35.0 Å². The Morgan fingerprint density at radius 3 is 2.30 bits per heavy atom. The summed E-state index contributed by atoms with van der Waals surface area (Å²) >= 11 is 0. The Labute approximate surface area is 249 Å². The number of nitrogens with zero attached hydrogens (tertiary/aromatic N) is 3. The van der Waals surface area contributed by atoms with Crippen LogP contribution in [0.3, 0.4) is 0 Å². The molecule has 1 unspecified atom stereocenters. The molecule has 0 bridgehead atoms. The molecule has 0 radical (unpaired) electrons. The molecule has 0 saturated carbocycles. The summed E-state index contributed by atoms with van der Waals surface area (Å²) in [5.74, 6) is -1.54. The number of anilines is 3. The quantitative estimate of drug-likeness (QED) is 0.0755. The molecule has 0 spiro atoms. The second kappa shape index (κ2) is 14.9. The number of aliphatic hydroxyl groups is 1. The van der Waals surface area contributed by atoms with Crippen molar-refractivity contribution in [2.45, 2.75) is 78.9 Å². The second-order valence-corrected chi connectivity index (χ2v) is 11.1. The van der Waals surface area contributed by atoms with Crippen molar-refractivity contribution in [1.29, 1.82) is 0 Å². The lowest BCUT2D eigenvalue weighted by Crippen LogP contribution is -2.26. The van der Waals surface area contributed by atoms with Crippen molar-refractivity contribution in [1.82, 2.24) is 20.3 Å². The number of hydrogen-bond donors (Lipinski definition) is 5. The number of benzene rings is 1. The number of halogens is 5. The Hall–Kier alpha value is -3.32. The van der Waals surface area contributed by atoms with Gasteiger partial charge in [-0.1, -0.05) is 40.5 Å². The van der Waals surface area contributed by atoms with E-state index in [1.54, 1.807) is 0 Å². The van der Waals surface area contributed by atoms with E-state index in [0.717, 1.165) is 32.4 Å². The van der Waals surface area contributed by atoms with Gasteiger partial charge in [-0.25, -0.2) is 18.7 Å². The van der Waals surface area contributed by atoms with Gasteiger partial charge >= 0.3 is 6.18 Å². The Bertz CT molecular complexity index is 1400. The van der Waals surface area contributed by atoms with E-state index in [4.69, 9.17) is 5.73 Å². The molecule has 2 heterocycles. The molecule has 1 atom stereocenters. The van der Waals surface area contributed by atoms with Crippen molar-refractivity contribution < 1.29 is 27.1 Å². The van der Waals surface area contributed by atoms with E-state index in [1.165, 1.54) is 0 Å². The Kier molecular flexibility index (Phi) is 11.9. The third-order valence-electron chi connectivity index (χ3n) is 7.10. The van der Waals surface area contributed by atoms with Gasteiger partial charge in [0.1, 0.15) is 22.8 Å². The number of pyridine rings is 1. The molecule has 0 aliphatic carbocycles. The second-order valence-electron chi connectivity index (χ2n) is 11.1. The van der Waals surface area contributed by atoms with E-state index in [2.05, 4.69) is 44.7 Å². The Balaban J connectivity index is 2.26. The van der Waals surface area contributed by atoms with Gasteiger partial charge < -0.3 is 26.8 Å². The van der Waals surface area contributed by atoms with Crippen molar-refractivity contribution in [3.8, 4) is 11.3 Å². The summed E-state index contributed by atoms with van der Waals surface area (Å²) in [7, 11) is 0. The summed E-state index contributed by atoms with van der Waals surface area (Å²) in [4.78, 5) is 13.3. The number of nitrogens with one attached hydrogen (secondary N) is 3. The normalized spacial score (nSPS) is 12.7. The van der Waals surface area contributed by atoms with Crippen LogP contribution in [-0.4, -0.2) is 52.3 Å². The summed E-state index contributed by atoms with van der Waals surface area (Å²) in [6, 6.07) is 0.340. The fourth-order valence-corrected chi connectivity index (χ4v) is 4.93. The van der Waals surface area contributed by atoms with Crippen molar-refractivity contribution >= 4 is 28.4 Å². The van der Waals surface area contributed by atoms with Crippen LogP contribution >= 0.6 is 0 Å². The highest BCUT2D eigenvalue weighted by atomic mass is 19.4. The van der Waals surface area contributed by atoms with Crippen LogP contribution in [0.5, 0.6) is 0 Å². The van der Waals surface area contributed by atoms with Gasteiger partial charge in [0.25, 0.3) is 0 Å². The molecule has 8 nitrogen and oxygen atoms in total. The first-order chi connectivity index (χ1) is 20.3. The summed E-state index contributed by atoms with van der Waals surface area (Å²) in [6.07, 6.45) is -1.86. The van der Waals surface area contributed by atoms with Gasteiger partial charge in [0, 0.05) is 18.7 Å². The van der Waals surface area contributed by atoms with Gasteiger partial charge in [-0.15, -0.1) is 0 Å². The minimum atomic E-state index is -5.01. The molecule has 238 valence electrons. The van der Waals surface area contributed by atoms with Crippen LogP contribution < -0.4 is 21.7 Å². The number of fused-ring (bicyclic) bond motifs is 1. The molecule has 43 heavy (non-hydrogen) atoms. The van der Waals surface area contributed by atoms with Crippen molar-refractivity contribution in [3.63, 3.8) is 0 Å². The summed E-state index contributed by atoms with van der Waals surface area (Å²) in [5, 5.41) is 19.6. The molecule has 3 aromatic rings. The lowest BCUT2D eigenvalue weighted by molar-refractivity contribution is -0.137. The van der Waals surface area contributed by atoms with Crippen LogP contribution in [0.15, 0.2) is 6.07 Å². The molecule has 1 aromatic carbocycles. The van der Waals surface area contributed by atoms with Crippen molar-refractivity contribution in [2.75, 3.05) is 42.6 Å². The number of nitrogens with two attached hydrogens (primary N) is 1. The Morgan fingerprint density at radius 2 is 1.70 bits per heavy atom. The van der Waals surface area contributed by atoms with Gasteiger partial charge in [-0.05, 0) is 50.3 Å². The van der Waals surface area contributed by atoms with Crippen molar-refractivity contribution in [2.24, 2.45) is 5.92 Å². The zero-order chi connectivity index (χ0) is 31.9. The van der Waals surface area contributed by atoms with E-state index < -0.39 is 51.9 Å². The summed E-state index contributed by atoms with van der Waals surface area (Å²) in [6.45, 7) is 10.6. The van der Waals surface area contributed by atoms with Gasteiger partial charge in [-0.3, -0.25) is 0 Å². The van der Waals surface area contributed by atoms with Crippen LogP contribution in [0.4, 0.5) is 39.4 Å². The first-order valence-corrected chi connectivity index (χ1v) is 14.7. The third-order valence-corrected chi connectivity index (χ3v) is 7.10. The minimum Gasteiger partial charge on any atom is -0.396 e. The van der Waals surface area contributed by atoms with Crippen molar-refractivity contribution in [3.05, 3.63) is 34.5 Å². The minimum absolute atomic E-state index is 0.000360. The molecular formula is C30H42F5N7O. The fourth-order valence-electron chi connectivity index (χ4n) is 4.93. The van der Waals surface area contributed by atoms with E-state index in [0.29, 0.717) is 31.8 Å². The highest BCUT2D eigenvalue weighted by molar-refractivity contribution is 5.95. The average Bonchev–Trinajstić information content (AvgIpc) is 2.93. The predicted molar refractivity (Wildman–Crippen MR) is 161 cm³/mol. The molecule has 6 N–H and O–H groups in total. The van der Waals surface area contributed by atoms with Gasteiger partial charge in [0.2, 0.25) is 5.95 Å². The zero-order valence-corrected chi connectivity index (χ0v) is 25.4. The smallest absolute Gasteiger partial charge is 0.396 e. The number of alkyl halides is 3. The monoisotopic (exact) mass is 611 g/mol. The number of nitrogen functional groups attached to an aromatic ring is 1.